The van der Waals surface area contributed by atoms with Gasteiger partial charge in [-0.25, -0.2) is 9.78 Å². The number of benzene rings is 2. The van der Waals surface area contributed by atoms with E-state index in [9.17, 15) is 9.59 Å². The molecule has 6 nitrogen and oxygen atoms in total. The molecule has 0 saturated heterocycles. The summed E-state index contributed by atoms with van der Waals surface area (Å²) >= 11 is 1.32. The average molecular weight is 382 g/mol. The average Bonchev–Trinajstić information content (AvgIpc) is 3.15. The number of esters is 1. The Bertz CT molecular complexity index is 923. The van der Waals surface area contributed by atoms with E-state index in [-0.39, 0.29) is 12.5 Å². The van der Waals surface area contributed by atoms with Gasteiger partial charge in [0.05, 0.1) is 24.1 Å². The summed E-state index contributed by atoms with van der Waals surface area (Å²) in [5, 5.41) is 2.30. The first kappa shape index (κ1) is 18.6. The number of para-hydroxylation sites is 1. The summed E-state index contributed by atoms with van der Waals surface area (Å²) in [5.41, 5.74) is 1.75. The van der Waals surface area contributed by atoms with Gasteiger partial charge in [0.25, 0.3) is 0 Å². The predicted molar refractivity (Wildman–Crippen MR) is 103 cm³/mol. The second-order valence-electron chi connectivity index (χ2n) is 5.62. The van der Waals surface area contributed by atoms with Gasteiger partial charge in [0.2, 0.25) is 5.91 Å². The van der Waals surface area contributed by atoms with Crippen molar-refractivity contribution >= 4 is 34.0 Å². The minimum atomic E-state index is -0.446. The molecule has 0 saturated carbocycles. The fraction of sp³-hybridized carbons (Fsp3) is 0.150. The Kier molecular flexibility index (Phi) is 5.83. The molecule has 3 rings (SSSR count). The van der Waals surface area contributed by atoms with Crippen molar-refractivity contribution in [3.63, 3.8) is 0 Å². The number of thiazole rings is 1. The molecule has 0 aliphatic rings. The van der Waals surface area contributed by atoms with Crippen LogP contribution in [0, 0.1) is 0 Å². The van der Waals surface area contributed by atoms with Gasteiger partial charge >= 0.3 is 5.97 Å². The lowest BCUT2D eigenvalue weighted by molar-refractivity contribution is -0.115. The second kappa shape index (κ2) is 8.46. The summed E-state index contributed by atoms with van der Waals surface area (Å²) in [7, 11) is 1.56. The first-order chi connectivity index (χ1) is 13.1. The van der Waals surface area contributed by atoms with E-state index in [2.05, 4.69) is 4.98 Å². The Morgan fingerprint density at radius 3 is 2.41 bits per heavy atom. The molecule has 0 spiro atoms. The zero-order valence-corrected chi connectivity index (χ0v) is 15.7. The monoisotopic (exact) mass is 382 g/mol. The molecule has 27 heavy (non-hydrogen) atoms. The number of hydrogen-bond donors (Lipinski definition) is 0. The first-order valence-corrected chi connectivity index (χ1v) is 9.08. The maximum atomic E-state index is 12.1. The van der Waals surface area contributed by atoms with Crippen LogP contribution in [0.1, 0.15) is 23.0 Å². The number of amides is 1. The van der Waals surface area contributed by atoms with Crippen molar-refractivity contribution in [1.29, 1.82) is 0 Å². The largest absolute Gasteiger partial charge is 0.497 e. The Balaban J connectivity index is 1.68. The molecular formula is C20H18N2O4S. The summed E-state index contributed by atoms with van der Waals surface area (Å²) in [6.07, 6.45) is 0. The van der Waals surface area contributed by atoms with Gasteiger partial charge in [0, 0.05) is 12.3 Å². The number of rotatable bonds is 6. The van der Waals surface area contributed by atoms with E-state index in [1.54, 1.807) is 36.8 Å². The molecule has 0 unspecified atom stereocenters. The number of aromatic nitrogens is 1. The van der Waals surface area contributed by atoms with Crippen molar-refractivity contribution in [2.24, 2.45) is 0 Å². The highest BCUT2D eigenvalue weighted by atomic mass is 32.1. The zero-order valence-electron chi connectivity index (χ0n) is 14.9. The lowest BCUT2D eigenvalue weighted by Gasteiger charge is -2.17. The molecule has 0 atom stereocenters. The molecular weight excluding hydrogens is 364 g/mol. The van der Waals surface area contributed by atoms with Gasteiger partial charge < -0.3 is 9.47 Å². The van der Waals surface area contributed by atoms with E-state index in [0.717, 1.165) is 5.69 Å². The highest BCUT2D eigenvalue weighted by Gasteiger charge is 2.18. The van der Waals surface area contributed by atoms with E-state index < -0.39 is 5.97 Å². The van der Waals surface area contributed by atoms with Gasteiger partial charge in [-0.15, -0.1) is 11.3 Å². The van der Waals surface area contributed by atoms with Gasteiger partial charge in [0.15, 0.2) is 5.13 Å². The maximum Gasteiger partial charge on any atom is 0.338 e. The first-order valence-electron chi connectivity index (χ1n) is 8.20. The van der Waals surface area contributed by atoms with Crippen LogP contribution in [-0.2, 0) is 16.1 Å². The topological polar surface area (TPSA) is 68.7 Å². The summed E-state index contributed by atoms with van der Waals surface area (Å²) in [4.78, 5) is 30.1. The molecule has 1 aromatic heterocycles. The van der Waals surface area contributed by atoms with Crippen molar-refractivity contribution in [1.82, 2.24) is 4.98 Å². The van der Waals surface area contributed by atoms with Crippen LogP contribution in [0.25, 0.3) is 0 Å². The number of nitrogens with zero attached hydrogens (tertiary/aromatic N) is 2. The SMILES string of the molecule is COc1ccc(C(=O)OCc2csc(N(C(C)=O)c3ccccc3)n2)cc1. The van der Waals surface area contributed by atoms with Crippen molar-refractivity contribution in [2.75, 3.05) is 12.0 Å². The van der Waals surface area contributed by atoms with E-state index in [1.807, 2.05) is 30.3 Å². The van der Waals surface area contributed by atoms with Crippen LogP contribution in [-0.4, -0.2) is 24.0 Å². The van der Waals surface area contributed by atoms with E-state index >= 15 is 0 Å². The maximum absolute atomic E-state index is 12.1. The van der Waals surface area contributed by atoms with Crippen molar-refractivity contribution in [3.05, 3.63) is 71.2 Å². The molecule has 7 heteroatoms. The summed E-state index contributed by atoms with van der Waals surface area (Å²) < 4.78 is 10.4. The number of hydrogen-bond acceptors (Lipinski definition) is 6. The third kappa shape index (κ3) is 4.51. The minimum Gasteiger partial charge on any atom is -0.497 e. The fourth-order valence-corrected chi connectivity index (χ4v) is 3.29. The Morgan fingerprint density at radius 1 is 1.07 bits per heavy atom. The lowest BCUT2D eigenvalue weighted by Crippen LogP contribution is -2.22. The van der Waals surface area contributed by atoms with E-state index in [1.165, 1.54) is 23.2 Å². The van der Waals surface area contributed by atoms with Crippen LogP contribution >= 0.6 is 11.3 Å². The van der Waals surface area contributed by atoms with Gasteiger partial charge in [0.1, 0.15) is 12.4 Å². The van der Waals surface area contributed by atoms with Crippen LogP contribution in [0.4, 0.5) is 10.8 Å². The Labute approximate surface area is 161 Å². The molecule has 3 aromatic rings. The molecule has 0 aliphatic heterocycles. The minimum absolute atomic E-state index is 0.0297. The summed E-state index contributed by atoms with van der Waals surface area (Å²) in [6.45, 7) is 1.51. The van der Waals surface area contributed by atoms with Gasteiger partial charge in [-0.2, -0.15) is 0 Å². The molecule has 2 aromatic carbocycles. The molecule has 0 fully saturated rings. The van der Waals surface area contributed by atoms with Crippen LogP contribution < -0.4 is 9.64 Å². The zero-order chi connectivity index (χ0) is 19.2. The molecule has 0 N–H and O–H groups in total. The molecule has 1 amide bonds. The molecule has 0 radical (unpaired) electrons. The van der Waals surface area contributed by atoms with Gasteiger partial charge in [-0.3, -0.25) is 9.69 Å². The van der Waals surface area contributed by atoms with Crippen molar-refractivity contribution in [3.8, 4) is 5.75 Å². The van der Waals surface area contributed by atoms with Crippen molar-refractivity contribution in [2.45, 2.75) is 13.5 Å². The van der Waals surface area contributed by atoms with Crippen molar-refractivity contribution < 1.29 is 19.1 Å². The number of ether oxygens (including phenoxy) is 2. The van der Waals surface area contributed by atoms with Crippen LogP contribution in [0.2, 0.25) is 0 Å². The number of methoxy groups -OCH3 is 1. The molecule has 1 heterocycles. The second-order valence-corrected chi connectivity index (χ2v) is 6.45. The molecule has 0 aliphatic carbocycles. The highest BCUT2D eigenvalue weighted by Crippen LogP contribution is 2.29. The standard InChI is InChI=1S/C20H18N2O4S/c1-14(23)22(17-6-4-3-5-7-17)20-21-16(13-27-20)12-26-19(24)15-8-10-18(25-2)11-9-15/h3-11,13H,12H2,1-2H3. The smallest absolute Gasteiger partial charge is 0.338 e. The highest BCUT2D eigenvalue weighted by molar-refractivity contribution is 7.14. The van der Waals surface area contributed by atoms with Gasteiger partial charge in [-0.1, -0.05) is 18.2 Å². The third-order valence-electron chi connectivity index (χ3n) is 3.74. The number of carbonyl (C=O) groups excluding carboxylic acids is 2. The quantitative estimate of drug-likeness (QED) is 0.598. The molecule has 138 valence electrons. The van der Waals surface area contributed by atoms with Crippen LogP contribution in [0.15, 0.2) is 60.0 Å². The van der Waals surface area contributed by atoms with Gasteiger partial charge in [-0.05, 0) is 36.4 Å². The van der Waals surface area contributed by atoms with E-state index in [4.69, 9.17) is 9.47 Å². The van der Waals surface area contributed by atoms with Crippen LogP contribution in [0.5, 0.6) is 5.75 Å². The Morgan fingerprint density at radius 2 is 1.78 bits per heavy atom. The summed E-state index contributed by atoms with van der Waals surface area (Å²) in [6, 6.07) is 15.9. The fourth-order valence-electron chi connectivity index (χ4n) is 2.42. The summed E-state index contributed by atoms with van der Waals surface area (Å²) in [5.74, 6) is 0.0805. The lowest BCUT2D eigenvalue weighted by atomic mass is 10.2. The molecule has 0 bridgehead atoms. The predicted octanol–water partition coefficient (Wildman–Crippen LogP) is 4.19. The third-order valence-corrected chi connectivity index (χ3v) is 4.61. The van der Waals surface area contributed by atoms with Crippen LogP contribution in [0.3, 0.4) is 0 Å². The number of carbonyl (C=O) groups is 2. The normalized spacial score (nSPS) is 10.3. The number of anilines is 2. The van der Waals surface area contributed by atoms with E-state index in [0.29, 0.717) is 22.1 Å². The Hall–Kier alpha value is -3.19.